The molecule has 1 amide bonds. The van der Waals surface area contributed by atoms with Crippen molar-refractivity contribution in [1.82, 2.24) is 14.5 Å². The van der Waals surface area contributed by atoms with E-state index in [-0.39, 0.29) is 23.3 Å². The van der Waals surface area contributed by atoms with E-state index in [4.69, 9.17) is 4.74 Å². The first-order valence-electron chi connectivity index (χ1n) is 9.16. The minimum Gasteiger partial charge on any atom is -0.497 e. The van der Waals surface area contributed by atoms with Crippen molar-refractivity contribution in [2.75, 3.05) is 19.4 Å². The molecule has 0 N–H and O–H groups in total. The summed E-state index contributed by atoms with van der Waals surface area (Å²) in [6, 6.07) is 15.1. The Morgan fingerprint density at radius 1 is 1.21 bits per heavy atom. The van der Waals surface area contributed by atoms with Gasteiger partial charge in [0.2, 0.25) is 5.91 Å². The van der Waals surface area contributed by atoms with Gasteiger partial charge in [0.05, 0.1) is 24.3 Å². The van der Waals surface area contributed by atoms with Crippen LogP contribution in [0, 0.1) is 0 Å². The number of amides is 1. The Hall–Kier alpha value is -2.80. The number of rotatable bonds is 5. The van der Waals surface area contributed by atoms with Crippen LogP contribution in [0.3, 0.4) is 0 Å². The van der Waals surface area contributed by atoms with Gasteiger partial charge in [-0.2, -0.15) is 0 Å². The lowest BCUT2D eigenvalue weighted by atomic mass is 10.2. The Kier molecular flexibility index (Phi) is 5.34. The largest absolute Gasteiger partial charge is 0.497 e. The highest BCUT2D eigenvalue weighted by atomic mass is 32.2. The van der Waals surface area contributed by atoms with Crippen molar-refractivity contribution in [3.05, 3.63) is 70.8 Å². The number of methoxy groups -OCH3 is 1. The summed E-state index contributed by atoms with van der Waals surface area (Å²) < 4.78 is 6.73. The second-order valence-electron chi connectivity index (χ2n) is 6.59. The van der Waals surface area contributed by atoms with Crippen LogP contribution in [0.4, 0.5) is 0 Å². The number of benzene rings is 2. The predicted octanol–water partition coefficient (Wildman–Crippen LogP) is 3.07. The number of fused-ring (bicyclic) bond motifs is 1. The molecule has 1 atom stereocenters. The summed E-state index contributed by atoms with van der Waals surface area (Å²) in [5, 5.41) is 0.579. The number of nitrogens with zero attached hydrogens (tertiary/aromatic N) is 3. The maximum Gasteiger partial charge on any atom is 0.261 e. The summed E-state index contributed by atoms with van der Waals surface area (Å²) in [5.41, 5.74) is 1.65. The van der Waals surface area contributed by atoms with Crippen LogP contribution in [0.1, 0.15) is 17.4 Å². The summed E-state index contributed by atoms with van der Waals surface area (Å²) in [6.45, 7) is 1.04. The van der Waals surface area contributed by atoms with Gasteiger partial charge in [-0.3, -0.25) is 14.2 Å². The molecule has 3 aromatic rings. The van der Waals surface area contributed by atoms with Gasteiger partial charge in [-0.15, -0.1) is 11.8 Å². The number of hydrogen-bond donors (Lipinski definition) is 0. The molecule has 2 heterocycles. The Balaban J connectivity index is 1.47. The SMILES string of the molecule is COc1ccc(C2SCCN2C(=O)CCn2cnc3ccccc3c2=O)cc1. The van der Waals surface area contributed by atoms with Crippen LogP contribution >= 0.6 is 11.8 Å². The number of carbonyl (C=O) groups is 1. The molecule has 1 unspecified atom stereocenters. The fraction of sp³-hybridized carbons (Fsp3) is 0.286. The van der Waals surface area contributed by atoms with E-state index in [1.165, 1.54) is 10.9 Å². The highest BCUT2D eigenvalue weighted by molar-refractivity contribution is 7.99. The molecule has 1 aliphatic rings. The summed E-state index contributed by atoms with van der Waals surface area (Å²) in [4.78, 5) is 31.7. The Labute approximate surface area is 167 Å². The van der Waals surface area contributed by atoms with Crippen LogP contribution in [-0.2, 0) is 11.3 Å². The molecule has 0 aliphatic carbocycles. The molecule has 0 spiro atoms. The molecular formula is C21H21N3O3S. The first-order valence-corrected chi connectivity index (χ1v) is 10.2. The van der Waals surface area contributed by atoms with Crippen LogP contribution in [0.25, 0.3) is 10.9 Å². The van der Waals surface area contributed by atoms with E-state index in [0.717, 1.165) is 17.1 Å². The monoisotopic (exact) mass is 395 g/mol. The number of carbonyl (C=O) groups excluding carboxylic acids is 1. The van der Waals surface area contributed by atoms with E-state index >= 15 is 0 Å². The molecular weight excluding hydrogens is 374 g/mol. The molecule has 0 bridgehead atoms. The minimum absolute atomic E-state index is 0.00450. The van der Waals surface area contributed by atoms with Gasteiger partial charge in [0.1, 0.15) is 11.1 Å². The minimum atomic E-state index is -0.110. The lowest BCUT2D eigenvalue weighted by Gasteiger charge is -2.24. The molecule has 1 aliphatic heterocycles. The Bertz CT molecular complexity index is 1050. The highest BCUT2D eigenvalue weighted by Gasteiger charge is 2.30. The zero-order valence-corrected chi connectivity index (χ0v) is 16.4. The summed E-state index contributed by atoms with van der Waals surface area (Å²) in [5.74, 6) is 1.75. The number of aryl methyl sites for hydroxylation is 1. The second kappa shape index (κ2) is 8.06. The van der Waals surface area contributed by atoms with Gasteiger partial charge < -0.3 is 9.64 Å². The van der Waals surface area contributed by atoms with Crippen molar-refractivity contribution in [3.63, 3.8) is 0 Å². The molecule has 28 heavy (non-hydrogen) atoms. The van der Waals surface area contributed by atoms with Crippen molar-refractivity contribution in [3.8, 4) is 5.75 Å². The molecule has 0 saturated carbocycles. The van der Waals surface area contributed by atoms with E-state index in [0.29, 0.717) is 24.0 Å². The molecule has 2 aromatic carbocycles. The van der Waals surface area contributed by atoms with Gasteiger partial charge in [-0.25, -0.2) is 4.98 Å². The average molecular weight is 395 g/mol. The van der Waals surface area contributed by atoms with Crippen LogP contribution < -0.4 is 10.3 Å². The highest BCUT2D eigenvalue weighted by Crippen LogP contribution is 2.38. The lowest BCUT2D eigenvalue weighted by molar-refractivity contribution is -0.131. The third kappa shape index (κ3) is 3.62. The molecule has 1 fully saturated rings. The van der Waals surface area contributed by atoms with E-state index in [9.17, 15) is 9.59 Å². The molecule has 6 nitrogen and oxygen atoms in total. The summed E-state index contributed by atoms with van der Waals surface area (Å²) >= 11 is 1.76. The number of ether oxygens (including phenoxy) is 1. The van der Waals surface area contributed by atoms with Gasteiger partial charge >= 0.3 is 0 Å². The normalized spacial score (nSPS) is 16.5. The van der Waals surface area contributed by atoms with Crippen molar-refractivity contribution in [2.24, 2.45) is 0 Å². The Morgan fingerprint density at radius 3 is 2.79 bits per heavy atom. The molecule has 1 saturated heterocycles. The zero-order chi connectivity index (χ0) is 19.5. The maximum absolute atomic E-state index is 12.9. The molecule has 7 heteroatoms. The fourth-order valence-corrected chi connectivity index (χ4v) is 4.67. The summed E-state index contributed by atoms with van der Waals surface area (Å²) in [7, 11) is 1.64. The van der Waals surface area contributed by atoms with Gasteiger partial charge in [0.25, 0.3) is 5.56 Å². The predicted molar refractivity (Wildman–Crippen MR) is 111 cm³/mol. The van der Waals surface area contributed by atoms with E-state index < -0.39 is 0 Å². The van der Waals surface area contributed by atoms with Gasteiger partial charge in [0.15, 0.2) is 0 Å². The van der Waals surface area contributed by atoms with Gasteiger partial charge in [-0.1, -0.05) is 24.3 Å². The molecule has 0 radical (unpaired) electrons. The standard InChI is InChI=1S/C21H21N3O3S/c1-27-16-8-6-15(7-9-16)21-24(12-13-28-21)19(25)10-11-23-14-22-18-5-3-2-4-17(18)20(23)26/h2-9,14,21H,10-13H2,1H3. The number of para-hydroxylation sites is 1. The van der Waals surface area contributed by atoms with Crippen molar-refractivity contribution in [2.45, 2.75) is 18.3 Å². The van der Waals surface area contributed by atoms with Crippen molar-refractivity contribution in [1.29, 1.82) is 0 Å². The van der Waals surface area contributed by atoms with E-state index in [1.54, 1.807) is 24.9 Å². The topological polar surface area (TPSA) is 64.4 Å². The van der Waals surface area contributed by atoms with Crippen molar-refractivity contribution < 1.29 is 9.53 Å². The number of aromatic nitrogens is 2. The number of hydrogen-bond acceptors (Lipinski definition) is 5. The quantitative estimate of drug-likeness (QED) is 0.664. The first kappa shape index (κ1) is 18.6. The lowest BCUT2D eigenvalue weighted by Crippen LogP contribution is -2.32. The van der Waals surface area contributed by atoms with Gasteiger partial charge in [-0.05, 0) is 29.8 Å². The average Bonchev–Trinajstić information content (AvgIpc) is 3.23. The smallest absolute Gasteiger partial charge is 0.261 e. The molecule has 1 aromatic heterocycles. The molecule has 144 valence electrons. The third-order valence-corrected chi connectivity index (χ3v) is 6.17. The van der Waals surface area contributed by atoms with E-state index in [1.807, 2.05) is 47.4 Å². The molecule has 4 rings (SSSR count). The second-order valence-corrected chi connectivity index (χ2v) is 7.78. The van der Waals surface area contributed by atoms with Crippen molar-refractivity contribution >= 4 is 28.6 Å². The zero-order valence-electron chi connectivity index (χ0n) is 15.6. The van der Waals surface area contributed by atoms with Crippen LogP contribution in [0.15, 0.2) is 59.7 Å². The number of thioether (sulfide) groups is 1. The first-order chi connectivity index (χ1) is 13.7. The third-order valence-electron chi connectivity index (χ3n) is 4.91. The van der Waals surface area contributed by atoms with Crippen LogP contribution in [-0.4, -0.2) is 39.8 Å². The van der Waals surface area contributed by atoms with Crippen LogP contribution in [0.5, 0.6) is 5.75 Å². The summed E-state index contributed by atoms with van der Waals surface area (Å²) in [6.07, 6.45) is 1.80. The fourth-order valence-electron chi connectivity index (χ4n) is 3.40. The van der Waals surface area contributed by atoms with E-state index in [2.05, 4.69) is 4.98 Å². The maximum atomic E-state index is 12.9. The van der Waals surface area contributed by atoms with Crippen LogP contribution in [0.2, 0.25) is 0 Å². The van der Waals surface area contributed by atoms with Gasteiger partial charge in [0, 0.05) is 25.3 Å². The Morgan fingerprint density at radius 2 is 2.00 bits per heavy atom.